The lowest BCUT2D eigenvalue weighted by Crippen LogP contribution is -2.28. The monoisotopic (exact) mass is 440 g/mol. The van der Waals surface area contributed by atoms with Crippen molar-refractivity contribution in [3.05, 3.63) is 54.6 Å². The molecule has 3 aromatic rings. The molecule has 0 aliphatic rings. The number of rotatable bonds is 10. The molecule has 0 aliphatic carbocycles. The van der Waals surface area contributed by atoms with Crippen LogP contribution >= 0.6 is 0 Å². The van der Waals surface area contributed by atoms with E-state index in [9.17, 15) is 15.0 Å². The summed E-state index contributed by atoms with van der Waals surface area (Å²) in [4.78, 5) is 11.8. The lowest BCUT2D eigenvalue weighted by Gasteiger charge is -2.20. The van der Waals surface area contributed by atoms with Gasteiger partial charge in [-0.3, -0.25) is 4.79 Å². The minimum atomic E-state index is -0.772. The number of benzene rings is 2. The van der Waals surface area contributed by atoms with E-state index in [2.05, 4.69) is 0 Å². The normalized spacial score (nSPS) is 13.7. The second kappa shape index (κ2) is 10.7. The highest BCUT2D eigenvalue weighted by Gasteiger charge is 2.24. The topological polar surface area (TPSA) is 89.1 Å². The molecule has 0 saturated carbocycles. The van der Waals surface area contributed by atoms with Gasteiger partial charge in [-0.1, -0.05) is 30.3 Å². The Labute approximate surface area is 188 Å². The number of carbonyl (C=O) groups is 1. The maximum absolute atomic E-state index is 11.8. The van der Waals surface area contributed by atoms with E-state index in [4.69, 9.17) is 13.9 Å². The summed E-state index contributed by atoms with van der Waals surface area (Å²) in [7, 11) is 0. The number of ether oxygens (including phenoxy) is 2. The minimum Gasteiger partial charge on any atom is -0.493 e. The average molecular weight is 441 g/mol. The number of aliphatic hydroxyl groups is 2. The first kappa shape index (κ1) is 23.8. The van der Waals surface area contributed by atoms with E-state index in [1.165, 1.54) is 0 Å². The van der Waals surface area contributed by atoms with Crippen LogP contribution in [-0.2, 0) is 9.53 Å². The van der Waals surface area contributed by atoms with E-state index in [0.717, 1.165) is 22.3 Å². The van der Waals surface area contributed by atoms with Crippen molar-refractivity contribution in [2.24, 2.45) is 11.3 Å². The molecule has 6 nitrogen and oxygen atoms in total. The highest BCUT2D eigenvalue weighted by atomic mass is 16.5. The van der Waals surface area contributed by atoms with E-state index in [-0.39, 0.29) is 25.1 Å². The van der Waals surface area contributed by atoms with Gasteiger partial charge in [0.2, 0.25) is 0 Å². The highest BCUT2D eigenvalue weighted by molar-refractivity contribution is 5.83. The van der Waals surface area contributed by atoms with Crippen molar-refractivity contribution in [1.29, 1.82) is 0 Å². The zero-order chi connectivity index (χ0) is 23.1. The predicted octanol–water partition coefficient (Wildman–Crippen LogP) is 4.82. The van der Waals surface area contributed by atoms with Crippen LogP contribution in [-0.4, -0.2) is 42.1 Å². The predicted molar refractivity (Wildman–Crippen MR) is 123 cm³/mol. The van der Waals surface area contributed by atoms with Crippen LogP contribution < -0.4 is 4.74 Å². The number of carbonyl (C=O) groups excluding carboxylic acids is 1. The van der Waals surface area contributed by atoms with Crippen LogP contribution in [0.2, 0.25) is 0 Å². The van der Waals surface area contributed by atoms with Crippen molar-refractivity contribution in [3.63, 3.8) is 0 Å². The molecule has 32 heavy (non-hydrogen) atoms. The summed E-state index contributed by atoms with van der Waals surface area (Å²) in [5.41, 5.74) is 1.15. The second-order valence-electron chi connectivity index (χ2n) is 9.12. The Kier molecular flexibility index (Phi) is 7.94. The maximum atomic E-state index is 11.8. The molecule has 0 spiro atoms. The van der Waals surface area contributed by atoms with Gasteiger partial charge in [0.05, 0.1) is 18.1 Å². The fourth-order valence-electron chi connectivity index (χ4n) is 3.19. The van der Waals surface area contributed by atoms with E-state index < -0.39 is 11.5 Å². The fourth-order valence-corrected chi connectivity index (χ4v) is 3.19. The molecule has 2 N–H and O–H groups in total. The number of furan rings is 1. The lowest BCUT2D eigenvalue weighted by atomic mass is 9.97. The molecule has 0 amide bonds. The van der Waals surface area contributed by atoms with Gasteiger partial charge in [0.15, 0.2) is 0 Å². The Morgan fingerprint density at radius 3 is 2.47 bits per heavy atom. The molecule has 2 atom stereocenters. The molecule has 172 valence electrons. The Morgan fingerprint density at radius 1 is 1.03 bits per heavy atom. The van der Waals surface area contributed by atoms with Crippen LogP contribution in [0.4, 0.5) is 0 Å². The van der Waals surface area contributed by atoms with Crippen LogP contribution in [0.25, 0.3) is 22.3 Å². The number of fused-ring (bicyclic) bond motifs is 1. The van der Waals surface area contributed by atoms with Crippen LogP contribution in [0.5, 0.6) is 5.75 Å². The van der Waals surface area contributed by atoms with Gasteiger partial charge in [-0.05, 0) is 51.8 Å². The van der Waals surface area contributed by atoms with Crippen molar-refractivity contribution >= 4 is 16.9 Å². The van der Waals surface area contributed by atoms with Crippen molar-refractivity contribution in [2.45, 2.75) is 39.7 Å². The molecule has 1 heterocycles. The first-order valence-corrected chi connectivity index (χ1v) is 10.9. The number of aliphatic hydroxyl groups excluding tert-OH is 2. The Morgan fingerprint density at radius 2 is 1.78 bits per heavy atom. The summed E-state index contributed by atoms with van der Waals surface area (Å²) in [6, 6.07) is 17.6. The van der Waals surface area contributed by atoms with Crippen LogP contribution in [0, 0.1) is 11.3 Å². The Balaban J connectivity index is 1.50. The van der Waals surface area contributed by atoms with E-state index >= 15 is 0 Å². The van der Waals surface area contributed by atoms with Gasteiger partial charge >= 0.3 is 5.97 Å². The SMILES string of the molecule is CC(C)(C)C(=O)OCC(O)CCC(CO)COc1ccc2cc(-c3ccccc3)oc2c1. The smallest absolute Gasteiger partial charge is 0.311 e. The molecule has 2 unspecified atom stereocenters. The van der Waals surface area contributed by atoms with Crippen molar-refractivity contribution in [2.75, 3.05) is 19.8 Å². The lowest BCUT2D eigenvalue weighted by molar-refractivity contribution is -0.156. The van der Waals surface area contributed by atoms with Gasteiger partial charge in [0.25, 0.3) is 0 Å². The Bertz CT molecular complexity index is 1000. The molecule has 0 fully saturated rings. The van der Waals surface area contributed by atoms with Gasteiger partial charge in [-0.2, -0.15) is 0 Å². The van der Waals surface area contributed by atoms with Crippen LogP contribution in [0.3, 0.4) is 0 Å². The van der Waals surface area contributed by atoms with Gasteiger partial charge in [0.1, 0.15) is 23.7 Å². The molecule has 1 aromatic heterocycles. The van der Waals surface area contributed by atoms with E-state index in [0.29, 0.717) is 25.2 Å². The molecule has 0 aliphatic heterocycles. The van der Waals surface area contributed by atoms with Crippen molar-refractivity contribution < 1.29 is 28.9 Å². The molecule has 2 aromatic carbocycles. The summed E-state index contributed by atoms with van der Waals surface area (Å²) in [6.45, 7) is 5.50. The molecular weight excluding hydrogens is 408 g/mol. The molecule has 0 saturated heterocycles. The minimum absolute atomic E-state index is 0.0476. The summed E-state index contributed by atoms with van der Waals surface area (Å²) in [5.74, 6) is 0.967. The first-order chi connectivity index (χ1) is 15.3. The Hall–Kier alpha value is -2.83. The average Bonchev–Trinajstić information content (AvgIpc) is 3.21. The zero-order valence-corrected chi connectivity index (χ0v) is 18.9. The van der Waals surface area contributed by atoms with Gasteiger partial charge < -0.3 is 24.1 Å². The summed E-state index contributed by atoms with van der Waals surface area (Å²) in [6.07, 6.45) is 0.182. The molecule has 0 radical (unpaired) electrons. The van der Waals surface area contributed by atoms with Crippen LogP contribution in [0.1, 0.15) is 33.6 Å². The third-order valence-corrected chi connectivity index (χ3v) is 5.22. The molecular formula is C26H32O6. The number of esters is 1. The van der Waals surface area contributed by atoms with E-state index in [1.807, 2.05) is 54.6 Å². The summed E-state index contributed by atoms with van der Waals surface area (Å²) < 4.78 is 17.0. The third-order valence-electron chi connectivity index (χ3n) is 5.22. The van der Waals surface area contributed by atoms with E-state index in [1.54, 1.807) is 20.8 Å². The number of hydrogen-bond acceptors (Lipinski definition) is 6. The maximum Gasteiger partial charge on any atom is 0.311 e. The third kappa shape index (κ3) is 6.58. The van der Waals surface area contributed by atoms with Crippen LogP contribution in [0.15, 0.2) is 59.0 Å². The molecule has 3 rings (SSSR count). The first-order valence-electron chi connectivity index (χ1n) is 10.9. The summed E-state index contributed by atoms with van der Waals surface area (Å²) >= 11 is 0. The van der Waals surface area contributed by atoms with Gasteiger partial charge in [0, 0.05) is 29.5 Å². The van der Waals surface area contributed by atoms with Crippen molar-refractivity contribution in [1.82, 2.24) is 0 Å². The molecule has 6 heteroatoms. The standard InChI is InChI=1S/C26H32O6/c1-26(2,3)25(29)31-17-21(28)11-9-18(15-27)16-30-22-12-10-20-13-23(32-24(20)14-22)19-7-5-4-6-8-19/h4-8,10,12-14,18,21,27-28H,9,11,15-17H2,1-3H3. The van der Waals surface area contributed by atoms with Gasteiger partial charge in [-0.15, -0.1) is 0 Å². The second-order valence-corrected chi connectivity index (χ2v) is 9.12. The zero-order valence-electron chi connectivity index (χ0n) is 18.9. The highest BCUT2D eigenvalue weighted by Crippen LogP contribution is 2.30. The van der Waals surface area contributed by atoms with Crippen molar-refractivity contribution in [3.8, 4) is 17.1 Å². The largest absolute Gasteiger partial charge is 0.493 e. The quantitative estimate of drug-likeness (QED) is 0.440. The fraction of sp³-hybridized carbons (Fsp3) is 0.423. The summed E-state index contributed by atoms with van der Waals surface area (Å²) in [5, 5.41) is 20.8. The number of hydrogen-bond donors (Lipinski definition) is 2. The van der Waals surface area contributed by atoms with Gasteiger partial charge in [-0.25, -0.2) is 0 Å². The molecule has 0 bridgehead atoms.